The number of carboxylic acid groups (broad SMARTS) is 1. The zero-order valence-electron chi connectivity index (χ0n) is 24.3. The van der Waals surface area contributed by atoms with Gasteiger partial charge in [-0.3, -0.25) is 9.59 Å². The van der Waals surface area contributed by atoms with Crippen molar-refractivity contribution in [3.63, 3.8) is 0 Å². The smallest absolute Gasteiger partial charge is 0.484 e. The maximum Gasteiger partial charge on any atom is 0.508 e. The van der Waals surface area contributed by atoms with Crippen molar-refractivity contribution in [1.29, 1.82) is 0 Å². The summed E-state index contributed by atoms with van der Waals surface area (Å²) in [4.78, 5) is 61.9. The molecule has 2 amide bonds. The van der Waals surface area contributed by atoms with Crippen LogP contribution >= 0.6 is 11.6 Å². The molecule has 1 aliphatic heterocycles. The van der Waals surface area contributed by atoms with Gasteiger partial charge in [0.1, 0.15) is 29.4 Å². The second kappa shape index (κ2) is 12.9. The third kappa shape index (κ3) is 8.57. The summed E-state index contributed by atoms with van der Waals surface area (Å²) in [5, 5.41) is 14.0. The van der Waals surface area contributed by atoms with Crippen LogP contribution < -0.4 is 15.4 Å². The van der Waals surface area contributed by atoms with Crippen molar-refractivity contribution in [1.82, 2.24) is 10.6 Å². The number of hydrogen-bond donors (Lipinski definition) is 3. The van der Waals surface area contributed by atoms with Crippen LogP contribution in [0.25, 0.3) is 0 Å². The number of carboxylic acids is 1. The van der Waals surface area contributed by atoms with Crippen LogP contribution in [0.15, 0.2) is 36.4 Å². The number of alkyl carbamates (subject to hydrolysis) is 1. The number of amides is 2. The molecule has 232 valence electrons. The van der Waals surface area contributed by atoms with Crippen molar-refractivity contribution >= 4 is 41.5 Å². The minimum Gasteiger partial charge on any atom is -0.484 e. The maximum absolute atomic E-state index is 13.7. The average Bonchev–Trinajstić information content (AvgIpc) is 2.88. The Balaban J connectivity index is 1.88. The highest BCUT2D eigenvalue weighted by molar-refractivity contribution is 6.31. The molecule has 3 rings (SSSR count). The number of nitrogens with one attached hydrogen (secondary N) is 2. The van der Waals surface area contributed by atoms with E-state index in [1.807, 2.05) is 0 Å². The molecule has 1 aliphatic rings. The van der Waals surface area contributed by atoms with Gasteiger partial charge in [-0.25, -0.2) is 18.8 Å². The Hall–Kier alpha value is -4.39. The van der Waals surface area contributed by atoms with Gasteiger partial charge >= 0.3 is 18.2 Å². The Morgan fingerprint density at radius 2 is 1.74 bits per heavy atom. The van der Waals surface area contributed by atoms with Gasteiger partial charge < -0.3 is 34.7 Å². The maximum atomic E-state index is 13.7. The number of halogens is 2. The minimum atomic E-state index is -1.67. The molecule has 3 N–H and O–H groups in total. The highest BCUT2D eigenvalue weighted by Gasteiger charge is 2.48. The van der Waals surface area contributed by atoms with E-state index in [-0.39, 0.29) is 27.7 Å². The van der Waals surface area contributed by atoms with Gasteiger partial charge in [-0.05, 0) is 77.9 Å². The summed E-state index contributed by atoms with van der Waals surface area (Å²) in [6.45, 7) is 8.43. The van der Waals surface area contributed by atoms with Crippen molar-refractivity contribution in [2.75, 3.05) is 6.61 Å². The summed E-state index contributed by atoms with van der Waals surface area (Å²) in [5.41, 5.74) is -1.63. The molecule has 0 spiro atoms. The fourth-order valence-corrected chi connectivity index (χ4v) is 4.33. The van der Waals surface area contributed by atoms with Crippen LogP contribution in [0.1, 0.15) is 73.9 Å². The van der Waals surface area contributed by atoms with E-state index in [1.54, 1.807) is 34.6 Å². The summed E-state index contributed by atoms with van der Waals surface area (Å²) in [6, 6.07) is 5.10. The summed E-state index contributed by atoms with van der Waals surface area (Å²) in [7, 11) is 0. The molecule has 43 heavy (non-hydrogen) atoms. The largest absolute Gasteiger partial charge is 0.508 e. The number of ketones is 1. The predicted molar refractivity (Wildman–Crippen MR) is 150 cm³/mol. The van der Waals surface area contributed by atoms with Crippen molar-refractivity contribution < 1.29 is 52.4 Å². The molecule has 0 bridgehead atoms. The fourth-order valence-electron chi connectivity index (χ4n) is 4.15. The van der Waals surface area contributed by atoms with E-state index in [0.717, 1.165) is 12.1 Å². The molecule has 0 saturated carbocycles. The number of carbonyl (C=O) groups is 5. The second-order valence-electron chi connectivity index (χ2n) is 11.2. The summed E-state index contributed by atoms with van der Waals surface area (Å²) in [6.07, 6.45) is -3.67. The zero-order chi connectivity index (χ0) is 32.3. The monoisotopic (exact) mass is 622 g/mol. The minimum absolute atomic E-state index is 0.00110. The molecule has 0 radical (unpaired) electrons. The highest BCUT2D eigenvalue weighted by atomic mass is 35.5. The third-order valence-corrected chi connectivity index (χ3v) is 6.45. The second-order valence-corrected chi connectivity index (χ2v) is 11.6. The number of carbonyl (C=O) groups excluding carboxylic acids is 4. The van der Waals surface area contributed by atoms with Crippen LogP contribution in [0.5, 0.6) is 5.75 Å². The number of aliphatic carboxylic acids is 1. The first-order chi connectivity index (χ1) is 19.9. The molecule has 3 atom stereocenters. The molecule has 2 aromatic carbocycles. The summed E-state index contributed by atoms with van der Waals surface area (Å²) >= 11 is 5.85. The average molecular weight is 623 g/mol. The van der Waals surface area contributed by atoms with E-state index in [9.17, 15) is 33.5 Å². The van der Waals surface area contributed by atoms with E-state index in [2.05, 4.69) is 10.6 Å². The lowest BCUT2D eigenvalue weighted by Crippen LogP contribution is -2.55. The molecular weight excluding hydrogens is 591 g/mol. The number of hydrogen-bond acceptors (Lipinski definition) is 9. The Bertz CT molecular complexity index is 1440. The number of fused-ring (bicyclic) bond motifs is 1. The van der Waals surface area contributed by atoms with Crippen molar-refractivity contribution in [3.05, 3.63) is 63.9 Å². The SMILES string of the molecule is CC(=O)c1ccc2c(c1)[C@@H](NC(=O)c1ccc(F)c(Cl)c1)[C@H](OC(=O)OC[C@H](NC(=O)OC(C)(C)C)C(=O)O)C(C)(C)O2. The van der Waals surface area contributed by atoms with Gasteiger partial charge in [0.25, 0.3) is 5.91 Å². The molecule has 2 aromatic rings. The zero-order valence-corrected chi connectivity index (χ0v) is 25.0. The number of rotatable bonds is 8. The van der Waals surface area contributed by atoms with Crippen LogP contribution in [0.2, 0.25) is 5.02 Å². The lowest BCUT2D eigenvalue weighted by molar-refractivity contribution is -0.141. The van der Waals surface area contributed by atoms with Crippen LogP contribution in [0, 0.1) is 5.82 Å². The standard InChI is InChI=1S/C29H32ClFN2O10/c1-14(34)15-8-10-21-17(11-15)22(33-24(35)16-7-9-19(31)18(30)12-16)23(29(5,6)42-21)41-27(39)40-13-20(25(36)37)32-26(38)43-28(2,3)4/h7-12,20,22-23H,13H2,1-6H3,(H,32,38)(H,33,35)(H,36,37)/t20-,22+,23-/m0/s1. The number of benzene rings is 2. The molecule has 1 heterocycles. The molecular formula is C29H32ClFN2O10. The lowest BCUT2D eigenvalue weighted by Gasteiger charge is -2.44. The highest BCUT2D eigenvalue weighted by Crippen LogP contribution is 2.42. The first-order valence-corrected chi connectivity index (χ1v) is 13.4. The quantitative estimate of drug-likeness (QED) is 0.274. The first-order valence-electron chi connectivity index (χ1n) is 13.0. The van der Waals surface area contributed by atoms with Gasteiger partial charge in [0.05, 0.1) is 11.1 Å². The Morgan fingerprint density at radius 1 is 1.09 bits per heavy atom. The van der Waals surface area contributed by atoms with Gasteiger partial charge in [-0.15, -0.1) is 0 Å². The van der Waals surface area contributed by atoms with Crippen LogP contribution in [0.3, 0.4) is 0 Å². The van der Waals surface area contributed by atoms with Crippen molar-refractivity contribution in [3.8, 4) is 5.75 Å². The Morgan fingerprint density at radius 3 is 2.33 bits per heavy atom. The molecule has 12 nitrogen and oxygen atoms in total. The first kappa shape index (κ1) is 33.1. The fraction of sp³-hybridized carbons (Fsp3) is 0.414. The molecule has 0 aromatic heterocycles. The van der Waals surface area contributed by atoms with Gasteiger partial charge in [-0.1, -0.05) is 11.6 Å². The van der Waals surface area contributed by atoms with Crippen LogP contribution in [-0.2, 0) is 19.0 Å². The summed E-state index contributed by atoms with van der Waals surface area (Å²) in [5.74, 6) is -2.94. The Labute approximate surface area is 251 Å². The van der Waals surface area contributed by atoms with Crippen molar-refractivity contribution in [2.45, 2.75) is 70.9 Å². The van der Waals surface area contributed by atoms with E-state index in [4.69, 9.17) is 30.5 Å². The third-order valence-electron chi connectivity index (χ3n) is 6.16. The van der Waals surface area contributed by atoms with E-state index in [1.165, 1.54) is 31.2 Å². The predicted octanol–water partition coefficient (Wildman–Crippen LogP) is 4.82. The molecule has 0 unspecified atom stereocenters. The van der Waals surface area contributed by atoms with E-state index >= 15 is 0 Å². The van der Waals surface area contributed by atoms with Crippen LogP contribution in [0.4, 0.5) is 14.0 Å². The van der Waals surface area contributed by atoms with Gasteiger partial charge in [-0.2, -0.15) is 0 Å². The number of ether oxygens (including phenoxy) is 4. The van der Waals surface area contributed by atoms with Gasteiger partial charge in [0.15, 0.2) is 17.9 Å². The normalized spacial score (nSPS) is 17.8. The van der Waals surface area contributed by atoms with E-state index < -0.39 is 65.9 Å². The van der Waals surface area contributed by atoms with Gasteiger partial charge in [0, 0.05) is 16.7 Å². The van der Waals surface area contributed by atoms with Crippen LogP contribution in [-0.4, -0.2) is 65.0 Å². The molecule has 0 fully saturated rings. The summed E-state index contributed by atoms with van der Waals surface area (Å²) < 4.78 is 35.4. The molecule has 0 saturated heterocycles. The number of Topliss-reactive ketones (excluding diaryl/α,β-unsaturated/α-hetero) is 1. The van der Waals surface area contributed by atoms with E-state index in [0.29, 0.717) is 5.56 Å². The van der Waals surface area contributed by atoms with Crippen molar-refractivity contribution in [2.24, 2.45) is 0 Å². The molecule has 0 aliphatic carbocycles. The Kier molecular flexibility index (Phi) is 9.90. The lowest BCUT2D eigenvalue weighted by atomic mass is 9.85. The van der Waals surface area contributed by atoms with Gasteiger partial charge in [0.2, 0.25) is 0 Å². The molecule has 14 heteroatoms. The topological polar surface area (TPSA) is 167 Å².